The third kappa shape index (κ3) is 2.05. The average molecular weight is 343 g/mol. The number of phenols is 1. The molecule has 1 aromatic heterocycles. The maximum Gasteiger partial charge on any atom is 0.261 e. The third-order valence-corrected chi connectivity index (χ3v) is 4.29. The number of halogens is 1. The van der Waals surface area contributed by atoms with Crippen LogP contribution < -0.4 is 0 Å². The molecule has 0 bridgehead atoms. The second-order valence-corrected chi connectivity index (χ2v) is 5.99. The van der Waals surface area contributed by atoms with E-state index in [-0.39, 0.29) is 11.7 Å². The molecule has 0 aliphatic heterocycles. The smallest absolute Gasteiger partial charge is 0.261 e. The summed E-state index contributed by atoms with van der Waals surface area (Å²) in [5.41, 5.74) is 3.13. The van der Waals surface area contributed by atoms with Gasteiger partial charge in [-0.1, -0.05) is 45.4 Å². The van der Waals surface area contributed by atoms with Gasteiger partial charge >= 0.3 is 0 Å². The fraction of sp³-hybridized carbons (Fsp3) is 0.125. The zero-order chi connectivity index (χ0) is 14.4. The Morgan fingerprint density at radius 1 is 1.19 bits per heavy atom. The van der Waals surface area contributed by atoms with Crippen molar-refractivity contribution in [1.82, 2.24) is 10.1 Å². The summed E-state index contributed by atoms with van der Waals surface area (Å²) in [4.78, 5) is 4.44. The van der Waals surface area contributed by atoms with Crippen molar-refractivity contribution in [2.45, 2.75) is 12.3 Å². The summed E-state index contributed by atoms with van der Waals surface area (Å²) < 4.78 is 6.11. The number of aromatic hydroxyl groups is 1. The van der Waals surface area contributed by atoms with Crippen LogP contribution in [0.2, 0.25) is 0 Å². The van der Waals surface area contributed by atoms with E-state index >= 15 is 0 Å². The molecule has 0 amide bonds. The Kier molecular flexibility index (Phi) is 2.82. The van der Waals surface area contributed by atoms with E-state index in [1.165, 1.54) is 11.1 Å². The topological polar surface area (TPSA) is 59.2 Å². The van der Waals surface area contributed by atoms with Crippen molar-refractivity contribution < 1.29 is 9.63 Å². The summed E-state index contributed by atoms with van der Waals surface area (Å²) in [6, 6.07) is 13.5. The highest BCUT2D eigenvalue weighted by Gasteiger charge is 2.31. The second kappa shape index (κ2) is 4.70. The van der Waals surface area contributed by atoms with Crippen LogP contribution in [0.1, 0.15) is 22.9 Å². The standard InChI is InChI=1S/C16H11BrN2O2/c17-10-5-6-12(14(20)8-10)16-18-15(19-21-16)13-7-9-3-1-2-4-11(9)13/h1-6,8,13,20H,7H2. The molecule has 2 aromatic carbocycles. The number of rotatable bonds is 2. The summed E-state index contributed by atoms with van der Waals surface area (Å²) >= 11 is 3.31. The number of nitrogens with zero attached hydrogens (tertiary/aromatic N) is 2. The van der Waals surface area contributed by atoms with Gasteiger partial charge in [-0.2, -0.15) is 4.98 Å². The molecule has 1 aliphatic rings. The predicted octanol–water partition coefficient (Wildman–Crippen LogP) is 3.89. The zero-order valence-electron chi connectivity index (χ0n) is 11.0. The van der Waals surface area contributed by atoms with Gasteiger partial charge in [-0.25, -0.2) is 0 Å². The van der Waals surface area contributed by atoms with E-state index in [2.05, 4.69) is 38.2 Å². The van der Waals surface area contributed by atoms with Crippen LogP contribution in [-0.4, -0.2) is 15.2 Å². The molecule has 1 unspecified atom stereocenters. The van der Waals surface area contributed by atoms with Gasteiger partial charge in [-0.3, -0.25) is 0 Å². The highest BCUT2D eigenvalue weighted by molar-refractivity contribution is 9.10. The molecule has 1 aliphatic carbocycles. The van der Waals surface area contributed by atoms with Crippen molar-refractivity contribution >= 4 is 15.9 Å². The average Bonchev–Trinajstić information content (AvgIpc) is 2.89. The van der Waals surface area contributed by atoms with E-state index in [1.54, 1.807) is 12.1 Å². The fourth-order valence-corrected chi connectivity index (χ4v) is 3.01. The molecule has 0 saturated carbocycles. The first-order chi connectivity index (χ1) is 10.2. The lowest BCUT2D eigenvalue weighted by Crippen LogP contribution is -2.19. The van der Waals surface area contributed by atoms with Gasteiger partial charge in [0.25, 0.3) is 5.89 Å². The number of aromatic nitrogens is 2. The van der Waals surface area contributed by atoms with Crippen molar-refractivity contribution in [3.63, 3.8) is 0 Å². The van der Waals surface area contributed by atoms with Crippen molar-refractivity contribution in [3.8, 4) is 17.2 Å². The molecule has 0 radical (unpaired) electrons. The first kappa shape index (κ1) is 12.6. The van der Waals surface area contributed by atoms with E-state index in [0.29, 0.717) is 17.3 Å². The minimum atomic E-state index is 0.119. The minimum absolute atomic E-state index is 0.119. The molecular formula is C16H11BrN2O2. The molecule has 104 valence electrons. The van der Waals surface area contributed by atoms with Crippen molar-refractivity contribution in [1.29, 1.82) is 0 Å². The Morgan fingerprint density at radius 2 is 2.05 bits per heavy atom. The lowest BCUT2D eigenvalue weighted by Gasteiger charge is -2.27. The zero-order valence-corrected chi connectivity index (χ0v) is 12.5. The van der Waals surface area contributed by atoms with E-state index < -0.39 is 0 Å². The lowest BCUT2D eigenvalue weighted by atomic mass is 9.77. The Balaban J connectivity index is 1.68. The molecular weight excluding hydrogens is 332 g/mol. The number of benzene rings is 2. The Labute approximate surface area is 129 Å². The monoisotopic (exact) mass is 342 g/mol. The maximum absolute atomic E-state index is 9.96. The summed E-state index contributed by atoms with van der Waals surface area (Å²) in [5.74, 6) is 1.33. The van der Waals surface area contributed by atoms with Gasteiger partial charge in [0.15, 0.2) is 5.82 Å². The SMILES string of the molecule is Oc1cc(Br)ccc1-c1nc(C2Cc3ccccc32)no1. The molecule has 4 nitrogen and oxygen atoms in total. The van der Waals surface area contributed by atoms with E-state index in [4.69, 9.17) is 4.52 Å². The quantitative estimate of drug-likeness (QED) is 0.767. The number of hydrogen-bond donors (Lipinski definition) is 1. The summed E-state index contributed by atoms with van der Waals surface area (Å²) in [5, 5.41) is 14.0. The Bertz CT molecular complexity index is 829. The maximum atomic E-state index is 9.96. The van der Waals surface area contributed by atoms with Crippen LogP contribution in [0.4, 0.5) is 0 Å². The first-order valence-corrected chi connectivity index (χ1v) is 7.42. The minimum Gasteiger partial charge on any atom is -0.507 e. The second-order valence-electron chi connectivity index (χ2n) is 5.07. The molecule has 5 heteroatoms. The highest BCUT2D eigenvalue weighted by atomic mass is 79.9. The predicted molar refractivity (Wildman–Crippen MR) is 81.1 cm³/mol. The summed E-state index contributed by atoms with van der Waals surface area (Å²) in [6.07, 6.45) is 0.932. The van der Waals surface area contributed by atoms with Crippen molar-refractivity contribution in [2.24, 2.45) is 0 Å². The molecule has 0 saturated heterocycles. The van der Waals surface area contributed by atoms with Crippen molar-refractivity contribution in [3.05, 3.63) is 63.9 Å². The molecule has 0 fully saturated rings. The lowest BCUT2D eigenvalue weighted by molar-refractivity contribution is 0.412. The first-order valence-electron chi connectivity index (χ1n) is 6.62. The number of fused-ring (bicyclic) bond motifs is 1. The molecule has 3 aromatic rings. The van der Waals surface area contributed by atoms with Gasteiger partial charge in [0.1, 0.15) is 5.75 Å². The molecule has 1 heterocycles. The molecule has 0 spiro atoms. The van der Waals surface area contributed by atoms with Gasteiger partial charge in [0.05, 0.1) is 11.5 Å². The fourth-order valence-electron chi connectivity index (χ4n) is 2.66. The number of phenolic OH excluding ortho intramolecular Hbond substituents is 1. The largest absolute Gasteiger partial charge is 0.507 e. The van der Waals surface area contributed by atoms with Crippen LogP contribution in [-0.2, 0) is 6.42 Å². The van der Waals surface area contributed by atoms with Gasteiger partial charge in [-0.15, -0.1) is 0 Å². The van der Waals surface area contributed by atoms with E-state index in [9.17, 15) is 5.11 Å². The van der Waals surface area contributed by atoms with Gasteiger partial charge in [-0.05, 0) is 35.7 Å². The Hall–Kier alpha value is -2.14. The molecule has 4 rings (SSSR count). The van der Waals surface area contributed by atoms with Crippen LogP contribution in [0, 0.1) is 0 Å². The van der Waals surface area contributed by atoms with Crippen LogP contribution >= 0.6 is 15.9 Å². The number of hydrogen-bond acceptors (Lipinski definition) is 4. The molecule has 21 heavy (non-hydrogen) atoms. The van der Waals surface area contributed by atoms with Crippen LogP contribution in [0.5, 0.6) is 5.75 Å². The van der Waals surface area contributed by atoms with Crippen LogP contribution in [0.25, 0.3) is 11.5 Å². The van der Waals surface area contributed by atoms with Crippen LogP contribution in [0.3, 0.4) is 0 Å². The van der Waals surface area contributed by atoms with Gasteiger partial charge in [0.2, 0.25) is 0 Å². The van der Waals surface area contributed by atoms with E-state index in [1.807, 2.05) is 18.2 Å². The van der Waals surface area contributed by atoms with Gasteiger partial charge in [0, 0.05) is 4.47 Å². The third-order valence-electron chi connectivity index (χ3n) is 3.80. The van der Waals surface area contributed by atoms with Crippen LogP contribution in [0.15, 0.2) is 51.5 Å². The van der Waals surface area contributed by atoms with Crippen molar-refractivity contribution in [2.75, 3.05) is 0 Å². The molecule has 1 N–H and O–H groups in total. The highest BCUT2D eigenvalue weighted by Crippen LogP contribution is 2.39. The molecule has 1 atom stereocenters. The normalized spacial score (nSPS) is 16.3. The Morgan fingerprint density at radius 3 is 2.86 bits per heavy atom. The summed E-state index contributed by atoms with van der Waals surface area (Å²) in [6.45, 7) is 0. The van der Waals surface area contributed by atoms with E-state index in [0.717, 1.165) is 10.9 Å². The van der Waals surface area contributed by atoms with Gasteiger partial charge < -0.3 is 9.63 Å². The summed E-state index contributed by atoms with van der Waals surface area (Å²) in [7, 11) is 0.